The number of anilines is 1. The molecular formula is C13H18N2. The average Bonchev–Trinajstić information content (AvgIpc) is 2.26. The third-order valence-electron chi connectivity index (χ3n) is 2.40. The van der Waals surface area contributed by atoms with Crippen LogP contribution in [-0.4, -0.2) is 6.54 Å². The number of nitrogens with zero attached hydrogens (tertiary/aromatic N) is 1. The molecule has 0 amide bonds. The van der Waals surface area contributed by atoms with Crippen molar-refractivity contribution in [2.75, 3.05) is 11.9 Å². The molecule has 0 aliphatic rings. The largest absolute Gasteiger partial charge is 0.384 e. The van der Waals surface area contributed by atoms with Gasteiger partial charge in [0, 0.05) is 12.2 Å². The molecule has 1 atom stereocenters. The summed E-state index contributed by atoms with van der Waals surface area (Å²) in [7, 11) is 0. The van der Waals surface area contributed by atoms with Gasteiger partial charge in [-0.1, -0.05) is 32.0 Å². The van der Waals surface area contributed by atoms with Crippen molar-refractivity contribution in [3.05, 3.63) is 29.8 Å². The third-order valence-corrected chi connectivity index (χ3v) is 2.40. The number of hydrogen-bond donors (Lipinski definition) is 1. The van der Waals surface area contributed by atoms with Crippen LogP contribution in [0.4, 0.5) is 5.69 Å². The van der Waals surface area contributed by atoms with Crippen molar-refractivity contribution in [2.24, 2.45) is 5.92 Å². The minimum absolute atomic E-state index is 0.0465. The number of rotatable bonds is 4. The van der Waals surface area contributed by atoms with Gasteiger partial charge in [-0.2, -0.15) is 5.26 Å². The van der Waals surface area contributed by atoms with Crippen molar-refractivity contribution in [1.29, 1.82) is 5.26 Å². The van der Waals surface area contributed by atoms with E-state index in [9.17, 15) is 0 Å². The lowest BCUT2D eigenvalue weighted by Crippen LogP contribution is -2.11. The zero-order valence-electron chi connectivity index (χ0n) is 9.62. The second-order valence-corrected chi connectivity index (χ2v) is 4.15. The summed E-state index contributed by atoms with van der Waals surface area (Å²) in [4.78, 5) is 0. The Hall–Kier alpha value is -1.49. The second kappa shape index (κ2) is 5.41. The highest BCUT2D eigenvalue weighted by Gasteiger charge is 2.06. The van der Waals surface area contributed by atoms with Crippen molar-refractivity contribution >= 4 is 5.69 Å². The maximum Gasteiger partial charge on any atom is 0.0671 e. The zero-order valence-corrected chi connectivity index (χ0v) is 9.62. The molecule has 0 heterocycles. The van der Waals surface area contributed by atoms with E-state index in [-0.39, 0.29) is 5.92 Å². The van der Waals surface area contributed by atoms with Gasteiger partial charge >= 0.3 is 0 Å². The first-order chi connectivity index (χ1) is 7.15. The SMILES string of the molecule is CC(C#N)CNc1ccccc1C(C)C. The fraction of sp³-hybridized carbons (Fsp3) is 0.462. The average molecular weight is 202 g/mol. The standard InChI is InChI=1S/C13H18N2/c1-10(2)12-6-4-5-7-13(12)15-9-11(3)8-14/h4-7,10-11,15H,9H2,1-3H3. The smallest absolute Gasteiger partial charge is 0.0671 e. The predicted molar refractivity (Wildman–Crippen MR) is 63.8 cm³/mol. The molecule has 0 fully saturated rings. The van der Waals surface area contributed by atoms with Crippen LogP contribution >= 0.6 is 0 Å². The summed E-state index contributed by atoms with van der Waals surface area (Å²) in [5.41, 5.74) is 2.46. The molecule has 0 radical (unpaired) electrons. The van der Waals surface area contributed by atoms with Gasteiger partial charge in [-0.3, -0.25) is 0 Å². The molecule has 1 N–H and O–H groups in total. The Kier molecular flexibility index (Phi) is 4.17. The Balaban J connectivity index is 2.72. The van der Waals surface area contributed by atoms with Gasteiger partial charge in [-0.25, -0.2) is 0 Å². The summed E-state index contributed by atoms with van der Waals surface area (Å²) >= 11 is 0. The first kappa shape index (κ1) is 11.6. The van der Waals surface area contributed by atoms with Crippen LogP contribution in [-0.2, 0) is 0 Å². The van der Waals surface area contributed by atoms with Crippen molar-refractivity contribution in [3.63, 3.8) is 0 Å². The second-order valence-electron chi connectivity index (χ2n) is 4.15. The number of para-hydroxylation sites is 1. The highest BCUT2D eigenvalue weighted by Crippen LogP contribution is 2.23. The van der Waals surface area contributed by atoms with Gasteiger partial charge in [0.25, 0.3) is 0 Å². The molecule has 0 aliphatic heterocycles. The fourth-order valence-corrected chi connectivity index (χ4v) is 1.47. The van der Waals surface area contributed by atoms with Crippen molar-refractivity contribution in [1.82, 2.24) is 0 Å². The van der Waals surface area contributed by atoms with Crippen molar-refractivity contribution in [2.45, 2.75) is 26.7 Å². The van der Waals surface area contributed by atoms with Crippen LogP contribution in [0.15, 0.2) is 24.3 Å². The number of nitrogens with one attached hydrogen (secondary N) is 1. The normalized spacial score (nSPS) is 12.2. The molecule has 0 saturated heterocycles. The summed E-state index contributed by atoms with van der Waals surface area (Å²) < 4.78 is 0. The molecule has 15 heavy (non-hydrogen) atoms. The van der Waals surface area contributed by atoms with Crippen LogP contribution < -0.4 is 5.32 Å². The third kappa shape index (κ3) is 3.28. The van der Waals surface area contributed by atoms with Crippen LogP contribution in [0.2, 0.25) is 0 Å². The van der Waals surface area contributed by atoms with Crippen molar-refractivity contribution < 1.29 is 0 Å². The molecule has 0 aliphatic carbocycles. The summed E-state index contributed by atoms with van der Waals surface area (Å²) in [5, 5.41) is 12.0. The Bertz CT molecular complexity index is 350. The van der Waals surface area contributed by atoms with Gasteiger partial charge in [-0.15, -0.1) is 0 Å². The lowest BCUT2D eigenvalue weighted by molar-refractivity contribution is 0.781. The summed E-state index contributed by atoms with van der Waals surface area (Å²) in [6, 6.07) is 10.5. The van der Waals surface area contributed by atoms with Crippen LogP contribution in [0, 0.1) is 17.2 Å². The van der Waals surface area contributed by atoms with Gasteiger partial charge in [-0.05, 0) is 24.5 Å². The number of nitriles is 1. The van der Waals surface area contributed by atoms with Crippen molar-refractivity contribution in [3.8, 4) is 6.07 Å². The Morgan fingerprint density at radius 1 is 1.27 bits per heavy atom. The highest BCUT2D eigenvalue weighted by atomic mass is 14.9. The van der Waals surface area contributed by atoms with E-state index in [1.807, 2.05) is 19.1 Å². The Morgan fingerprint density at radius 3 is 2.53 bits per heavy atom. The van der Waals surface area contributed by atoms with Gasteiger partial charge in [0.2, 0.25) is 0 Å². The minimum Gasteiger partial charge on any atom is -0.384 e. The quantitative estimate of drug-likeness (QED) is 0.812. The molecule has 1 aromatic carbocycles. The summed E-state index contributed by atoms with van der Waals surface area (Å²) in [6.07, 6.45) is 0. The van der Waals surface area contributed by atoms with Crippen LogP contribution in [0.25, 0.3) is 0 Å². The van der Waals surface area contributed by atoms with Gasteiger partial charge in [0.15, 0.2) is 0 Å². The zero-order chi connectivity index (χ0) is 11.3. The molecule has 2 heteroatoms. The Morgan fingerprint density at radius 2 is 1.93 bits per heavy atom. The van der Waals surface area contributed by atoms with Gasteiger partial charge in [0.1, 0.15) is 0 Å². The molecule has 0 aromatic heterocycles. The molecular weight excluding hydrogens is 184 g/mol. The van der Waals surface area contributed by atoms with Crippen LogP contribution in [0.5, 0.6) is 0 Å². The number of benzene rings is 1. The highest BCUT2D eigenvalue weighted by molar-refractivity contribution is 5.52. The van der Waals surface area contributed by atoms with E-state index in [1.54, 1.807) is 0 Å². The summed E-state index contributed by atoms with van der Waals surface area (Å²) in [5.74, 6) is 0.552. The molecule has 0 saturated carbocycles. The van der Waals surface area contributed by atoms with E-state index in [0.717, 1.165) is 5.69 Å². The lowest BCUT2D eigenvalue weighted by Gasteiger charge is -2.14. The summed E-state index contributed by atoms with van der Waals surface area (Å²) in [6.45, 7) is 6.98. The molecule has 1 rings (SSSR count). The molecule has 2 nitrogen and oxygen atoms in total. The molecule has 0 spiro atoms. The van der Waals surface area contributed by atoms with E-state index in [0.29, 0.717) is 12.5 Å². The van der Waals surface area contributed by atoms with Gasteiger partial charge < -0.3 is 5.32 Å². The Labute approximate surface area is 91.9 Å². The van der Waals surface area contributed by atoms with Gasteiger partial charge in [0.05, 0.1) is 12.0 Å². The van der Waals surface area contributed by atoms with Crippen LogP contribution in [0.1, 0.15) is 32.3 Å². The van der Waals surface area contributed by atoms with E-state index in [1.165, 1.54) is 5.56 Å². The fourth-order valence-electron chi connectivity index (χ4n) is 1.47. The van der Waals surface area contributed by atoms with E-state index in [4.69, 9.17) is 5.26 Å². The molecule has 80 valence electrons. The molecule has 1 unspecified atom stereocenters. The lowest BCUT2D eigenvalue weighted by atomic mass is 10.0. The van der Waals surface area contributed by atoms with E-state index < -0.39 is 0 Å². The number of hydrogen-bond acceptors (Lipinski definition) is 2. The predicted octanol–water partition coefficient (Wildman–Crippen LogP) is 3.38. The maximum absolute atomic E-state index is 8.70. The van der Waals surface area contributed by atoms with E-state index >= 15 is 0 Å². The monoisotopic (exact) mass is 202 g/mol. The molecule has 1 aromatic rings. The topological polar surface area (TPSA) is 35.8 Å². The first-order valence-electron chi connectivity index (χ1n) is 5.37. The first-order valence-corrected chi connectivity index (χ1v) is 5.37. The minimum atomic E-state index is 0.0465. The maximum atomic E-state index is 8.70. The van der Waals surface area contributed by atoms with E-state index in [2.05, 4.69) is 37.4 Å². The van der Waals surface area contributed by atoms with Crippen LogP contribution in [0.3, 0.4) is 0 Å². The molecule has 0 bridgehead atoms.